The third kappa shape index (κ3) is 5.78. The normalized spacial score (nSPS) is 8.86. The molecular weight excluding hydrogens is 115 g/mol. The number of rotatable bonds is 3. The van der Waals surface area contributed by atoms with Crippen molar-refractivity contribution in [2.75, 3.05) is 6.61 Å². The van der Waals surface area contributed by atoms with Crippen LogP contribution in [0.15, 0.2) is 0 Å². The maximum absolute atomic E-state index is 11.1. The number of carbonyl (C=O) groups excluding carboxylic acids is 1. The zero-order valence-corrected chi connectivity index (χ0v) is 4.61. The molecule has 0 fully saturated rings. The van der Waals surface area contributed by atoms with Gasteiger partial charge in [-0.3, -0.25) is 4.79 Å². The SMILES string of the molecule is O=C(F)CCO[Si]. The van der Waals surface area contributed by atoms with Crippen LogP contribution in [0.25, 0.3) is 0 Å². The lowest BCUT2D eigenvalue weighted by atomic mass is 10.5. The minimum absolute atomic E-state index is 0.0895. The molecule has 0 heterocycles. The van der Waals surface area contributed by atoms with Crippen LogP contribution in [0.3, 0.4) is 0 Å². The van der Waals surface area contributed by atoms with E-state index in [1.807, 2.05) is 0 Å². The molecule has 0 aromatic rings. The molecule has 0 saturated carbocycles. The van der Waals surface area contributed by atoms with Gasteiger partial charge in [-0.1, -0.05) is 0 Å². The van der Waals surface area contributed by atoms with Crippen LogP contribution in [0.4, 0.5) is 4.39 Å². The Labute approximate surface area is 44.2 Å². The first-order valence-electron chi connectivity index (χ1n) is 1.74. The Bertz CT molecular complexity index is 66.0. The van der Waals surface area contributed by atoms with Gasteiger partial charge in [-0.25, -0.2) is 0 Å². The predicted molar refractivity (Wildman–Crippen MR) is 22.4 cm³/mol. The Morgan fingerprint density at radius 3 is 2.57 bits per heavy atom. The predicted octanol–water partition coefficient (Wildman–Crippen LogP) is -0.0273. The summed E-state index contributed by atoms with van der Waals surface area (Å²) in [6.45, 7) is 0.0895. The van der Waals surface area contributed by atoms with E-state index in [0.717, 1.165) is 0 Å². The largest absolute Gasteiger partial charge is 0.418 e. The molecule has 0 aromatic heterocycles. The maximum atomic E-state index is 11.1. The Hall–Kier alpha value is -0.223. The van der Waals surface area contributed by atoms with E-state index in [4.69, 9.17) is 0 Å². The van der Waals surface area contributed by atoms with Gasteiger partial charge < -0.3 is 4.43 Å². The smallest absolute Gasteiger partial charge is 0.303 e. The van der Waals surface area contributed by atoms with Crippen LogP contribution in [0.1, 0.15) is 6.42 Å². The molecule has 2 nitrogen and oxygen atoms in total. The summed E-state index contributed by atoms with van der Waals surface area (Å²) in [5.41, 5.74) is 0. The molecule has 0 N–H and O–H groups in total. The number of hydrogen-bond acceptors (Lipinski definition) is 2. The molecule has 0 bridgehead atoms. The van der Waals surface area contributed by atoms with Crippen LogP contribution in [0.2, 0.25) is 0 Å². The summed E-state index contributed by atoms with van der Waals surface area (Å²) in [7, 11) is 2.60. The van der Waals surface area contributed by atoms with Gasteiger partial charge in [-0.15, -0.1) is 0 Å². The highest BCUT2D eigenvalue weighted by Gasteiger charge is 1.93. The average molecular weight is 119 g/mol. The topological polar surface area (TPSA) is 26.3 Å². The molecular formula is C3H4FO2Si. The minimum Gasteiger partial charge on any atom is -0.418 e. The highest BCUT2D eigenvalue weighted by Crippen LogP contribution is 1.81. The number of halogens is 1. The number of hydrogen-bond donors (Lipinski definition) is 0. The van der Waals surface area contributed by atoms with E-state index in [9.17, 15) is 9.18 Å². The Balaban J connectivity index is 2.82. The van der Waals surface area contributed by atoms with Crippen molar-refractivity contribution in [3.8, 4) is 0 Å². The van der Waals surface area contributed by atoms with Crippen molar-refractivity contribution in [3.63, 3.8) is 0 Å². The average Bonchev–Trinajstić information content (AvgIpc) is 1.61. The van der Waals surface area contributed by atoms with Crippen molar-refractivity contribution in [3.05, 3.63) is 0 Å². The van der Waals surface area contributed by atoms with Gasteiger partial charge in [-0.2, -0.15) is 4.39 Å². The molecule has 0 amide bonds. The fraction of sp³-hybridized carbons (Fsp3) is 0.667. The number of carbonyl (C=O) groups is 1. The summed E-state index contributed by atoms with van der Waals surface area (Å²) in [4.78, 5) is 9.43. The van der Waals surface area contributed by atoms with Crippen LogP contribution < -0.4 is 0 Å². The first-order chi connectivity index (χ1) is 3.27. The van der Waals surface area contributed by atoms with Gasteiger partial charge in [0.2, 0.25) is 10.5 Å². The van der Waals surface area contributed by atoms with Gasteiger partial charge in [0.15, 0.2) is 0 Å². The van der Waals surface area contributed by atoms with E-state index in [2.05, 4.69) is 14.9 Å². The molecule has 39 valence electrons. The zero-order chi connectivity index (χ0) is 5.70. The van der Waals surface area contributed by atoms with E-state index in [1.54, 1.807) is 0 Å². The fourth-order valence-corrected chi connectivity index (χ4v) is 0.233. The highest BCUT2D eigenvalue weighted by molar-refractivity contribution is 5.98. The van der Waals surface area contributed by atoms with Crippen molar-refractivity contribution in [2.45, 2.75) is 6.42 Å². The second-order valence-corrected chi connectivity index (χ2v) is 1.24. The third-order valence-corrected chi connectivity index (χ3v) is 0.605. The molecule has 0 aliphatic rings. The summed E-state index contributed by atoms with van der Waals surface area (Å²) < 4.78 is 15.3. The second-order valence-electron chi connectivity index (χ2n) is 0.954. The Morgan fingerprint density at radius 2 is 2.43 bits per heavy atom. The van der Waals surface area contributed by atoms with Crippen LogP contribution in [-0.2, 0) is 9.22 Å². The Kier molecular flexibility index (Phi) is 3.82. The van der Waals surface area contributed by atoms with Gasteiger partial charge in [-0.05, 0) is 0 Å². The molecule has 0 aromatic carbocycles. The van der Waals surface area contributed by atoms with Crippen molar-refractivity contribution < 1.29 is 13.6 Å². The lowest BCUT2D eigenvalue weighted by Crippen LogP contribution is -1.95. The molecule has 0 spiro atoms. The lowest BCUT2D eigenvalue weighted by molar-refractivity contribution is -0.129. The van der Waals surface area contributed by atoms with Crippen molar-refractivity contribution in [1.29, 1.82) is 0 Å². The van der Waals surface area contributed by atoms with Crippen LogP contribution in [0, 0.1) is 0 Å². The fourth-order valence-electron chi connectivity index (χ4n) is 0.131. The molecule has 0 saturated heterocycles. The molecule has 0 atom stereocenters. The summed E-state index contributed by atoms with van der Waals surface area (Å²) in [5, 5.41) is 0. The summed E-state index contributed by atoms with van der Waals surface area (Å²) >= 11 is 0. The van der Waals surface area contributed by atoms with Gasteiger partial charge in [0.1, 0.15) is 0 Å². The van der Waals surface area contributed by atoms with Crippen LogP contribution in [-0.4, -0.2) is 23.1 Å². The maximum Gasteiger partial charge on any atom is 0.303 e. The Morgan fingerprint density at radius 1 is 1.86 bits per heavy atom. The van der Waals surface area contributed by atoms with E-state index in [-0.39, 0.29) is 13.0 Å². The first-order valence-corrected chi connectivity index (χ1v) is 2.15. The van der Waals surface area contributed by atoms with E-state index in [1.165, 1.54) is 0 Å². The van der Waals surface area contributed by atoms with E-state index < -0.39 is 6.04 Å². The molecule has 4 heteroatoms. The molecule has 0 unspecified atom stereocenters. The lowest BCUT2D eigenvalue weighted by Gasteiger charge is -1.86. The monoisotopic (exact) mass is 119 g/mol. The zero-order valence-electron chi connectivity index (χ0n) is 3.61. The van der Waals surface area contributed by atoms with Crippen molar-refractivity contribution >= 4 is 16.5 Å². The molecule has 0 rings (SSSR count). The van der Waals surface area contributed by atoms with E-state index >= 15 is 0 Å². The minimum atomic E-state index is -1.35. The van der Waals surface area contributed by atoms with Gasteiger partial charge in [0, 0.05) is 6.61 Å². The quantitative estimate of drug-likeness (QED) is 0.385. The third-order valence-electron chi connectivity index (χ3n) is 0.401. The van der Waals surface area contributed by atoms with Crippen molar-refractivity contribution in [1.82, 2.24) is 0 Å². The van der Waals surface area contributed by atoms with Gasteiger partial charge >= 0.3 is 6.04 Å². The van der Waals surface area contributed by atoms with Gasteiger partial charge in [0.05, 0.1) is 6.42 Å². The molecule has 0 aliphatic carbocycles. The molecule has 7 heavy (non-hydrogen) atoms. The highest BCUT2D eigenvalue weighted by atomic mass is 28.2. The summed E-state index contributed by atoms with van der Waals surface area (Å²) in [6, 6.07) is -1.35. The second kappa shape index (κ2) is 3.95. The van der Waals surface area contributed by atoms with Crippen LogP contribution in [0.5, 0.6) is 0 Å². The summed E-state index contributed by atoms with van der Waals surface area (Å²) in [5.74, 6) is 0. The van der Waals surface area contributed by atoms with Crippen LogP contribution >= 0.6 is 0 Å². The summed E-state index contributed by atoms with van der Waals surface area (Å²) in [6.07, 6.45) is -0.177. The van der Waals surface area contributed by atoms with Crippen molar-refractivity contribution in [2.24, 2.45) is 0 Å². The first kappa shape index (κ1) is 6.78. The standard InChI is InChI=1S/C3H4FO2Si/c4-3(5)1-2-6-7/h1-2H2. The molecule has 3 radical (unpaired) electrons. The van der Waals surface area contributed by atoms with E-state index in [0.29, 0.717) is 0 Å². The van der Waals surface area contributed by atoms with Gasteiger partial charge in [0.25, 0.3) is 0 Å². The molecule has 0 aliphatic heterocycles.